The molecule has 1 fully saturated rings. The van der Waals surface area contributed by atoms with E-state index in [1.807, 2.05) is 0 Å². The highest BCUT2D eigenvalue weighted by molar-refractivity contribution is 9.10. The lowest BCUT2D eigenvalue weighted by atomic mass is 9.81. The van der Waals surface area contributed by atoms with Crippen molar-refractivity contribution < 1.29 is 0 Å². The summed E-state index contributed by atoms with van der Waals surface area (Å²) in [6, 6.07) is 9.68. The highest BCUT2D eigenvalue weighted by Crippen LogP contribution is 2.30. The fourth-order valence-electron chi connectivity index (χ4n) is 2.57. The van der Waals surface area contributed by atoms with Gasteiger partial charge >= 0.3 is 0 Å². The SMILES string of the molecule is CC(CC1CCC1)N[C@H](C)c1ccc(Br)cc1. The molecule has 1 aliphatic rings. The van der Waals surface area contributed by atoms with Crippen LogP contribution in [-0.4, -0.2) is 6.04 Å². The Bertz CT molecular complexity index is 342. The number of nitrogens with one attached hydrogen (secondary N) is 1. The fraction of sp³-hybridized carbons (Fsp3) is 0.600. The van der Waals surface area contributed by atoms with Crippen LogP contribution in [0.25, 0.3) is 0 Å². The third kappa shape index (κ3) is 3.82. The molecule has 0 radical (unpaired) electrons. The van der Waals surface area contributed by atoms with Crippen molar-refractivity contribution >= 4 is 15.9 Å². The molecular weight excluding hydrogens is 274 g/mol. The van der Waals surface area contributed by atoms with E-state index in [0.717, 1.165) is 10.4 Å². The number of rotatable bonds is 5. The second-order valence-electron chi connectivity index (χ2n) is 5.37. The smallest absolute Gasteiger partial charge is 0.0294 e. The Balaban J connectivity index is 1.82. The van der Waals surface area contributed by atoms with Crippen LogP contribution in [0, 0.1) is 5.92 Å². The lowest BCUT2D eigenvalue weighted by molar-refractivity contribution is 0.259. The van der Waals surface area contributed by atoms with Crippen molar-refractivity contribution in [1.82, 2.24) is 5.32 Å². The monoisotopic (exact) mass is 295 g/mol. The van der Waals surface area contributed by atoms with Crippen LogP contribution >= 0.6 is 15.9 Å². The van der Waals surface area contributed by atoms with E-state index in [2.05, 4.69) is 59.4 Å². The summed E-state index contributed by atoms with van der Waals surface area (Å²) in [5, 5.41) is 3.70. The highest BCUT2D eigenvalue weighted by atomic mass is 79.9. The molecule has 1 saturated carbocycles. The quantitative estimate of drug-likeness (QED) is 0.832. The molecule has 1 unspecified atom stereocenters. The van der Waals surface area contributed by atoms with Crippen LogP contribution in [0.2, 0.25) is 0 Å². The molecule has 0 saturated heterocycles. The first-order valence-electron chi connectivity index (χ1n) is 6.66. The van der Waals surface area contributed by atoms with E-state index in [9.17, 15) is 0 Å². The van der Waals surface area contributed by atoms with Crippen LogP contribution in [0.3, 0.4) is 0 Å². The summed E-state index contributed by atoms with van der Waals surface area (Å²) in [6.45, 7) is 4.56. The predicted octanol–water partition coefficient (Wildman–Crippen LogP) is 4.68. The maximum atomic E-state index is 3.70. The maximum absolute atomic E-state index is 3.70. The second-order valence-corrected chi connectivity index (χ2v) is 6.29. The molecule has 1 aromatic carbocycles. The molecule has 94 valence electrons. The highest BCUT2D eigenvalue weighted by Gasteiger charge is 2.20. The molecular formula is C15H22BrN. The molecule has 0 heterocycles. The Morgan fingerprint density at radius 2 is 1.88 bits per heavy atom. The van der Waals surface area contributed by atoms with Gasteiger partial charge in [-0.3, -0.25) is 0 Å². The molecule has 2 heteroatoms. The minimum atomic E-state index is 0.443. The molecule has 17 heavy (non-hydrogen) atoms. The number of halogens is 1. The summed E-state index contributed by atoms with van der Waals surface area (Å²) in [7, 11) is 0. The zero-order valence-corrected chi connectivity index (χ0v) is 12.3. The van der Waals surface area contributed by atoms with Crippen LogP contribution < -0.4 is 5.32 Å². The predicted molar refractivity (Wildman–Crippen MR) is 77.1 cm³/mol. The lowest BCUT2D eigenvalue weighted by Crippen LogP contribution is -2.32. The Morgan fingerprint density at radius 3 is 2.41 bits per heavy atom. The van der Waals surface area contributed by atoms with Crippen molar-refractivity contribution in [3.05, 3.63) is 34.3 Å². The van der Waals surface area contributed by atoms with Gasteiger partial charge in [-0.15, -0.1) is 0 Å². The van der Waals surface area contributed by atoms with Crippen molar-refractivity contribution in [1.29, 1.82) is 0 Å². The van der Waals surface area contributed by atoms with Crippen LogP contribution in [0.4, 0.5) is 0 Å². The summed E-state index contributed by atoms with van der Waals surface area (Å²) in [4.78, 5) is 0. The third-order valence-electron chi connectivity index (χ3n) is 3.82. The average Bonchev–Trinajstić information content (AvgIpc) is 2.24. The Kier molecular flexibility index (Phi) is 4.63. The van der Waals surface area contributed by atoms with Gasteiger partial charge in [0.25, 0.3) is 0 Å². The van der Waals surface area contributed by atoms with Crippen LogP contribution in [0.5, 0.6) is 0 Å². The molecule has 0 amide bonds. The summed E-state index contributed by atoms with van der Waals surface area (Å²) in [6.07, 6.45) is 5.66. The molecule has 1 N–H and O–H groups in total. The average molecular weight is 296 g/mol. The summed E-state index contributed by atoms with van der Waals surface area (Å²) in [5.41, 5.74) is 1.37. The first kappa shape index (κ1) is 13.1. The number of hydrogen-bond acceptors (Lipinski definition) is 1. The summed E-state index contributed by atoms with van der Waals surface area (Å²) < 4.78 is 1.15. The molecule has 1 aromatic rings. The van der Waals surface area contributed by atoms with Crippen molar-refractivity contribution in [3.63, 3.8) is 0 Å². The van der Waals surface area contributed by atoms with E-state index in [1.54, 1.807) is 0 Å². The van der Waals surface area contributed by atoms with Gasteiger partial charge in [0.2, 0.25) is 0 Å². The minimum absolute atomic E-state index is 0.443. The van der Waals surface area contributed by atoms with Gasteiger partial charge in [-0.25, -0.2) is 0 Å². The molecule has 0 bridgehead atoms. The van der Waals surface area contributed by atoms with Crippen molar-refractivity contribution in [2.24, 2.45) is 5.92 Å². The Morgan fingerprint density at radius 1 is 1.24 bits per heavy atom. The first-order valence-corrected chi connectivity index (χ1v) is 7.46. The zero-order chi connectivity index (χ0) is 12.3. The van der Waals surface area contributed by atoms with Crippen LogP contribution in [0.15, 0.2) is 28.7 Å². The zero-order valence-electron chi connectivity index (χ0n) is 10.7. The number of benzene rings is 1. The van der Waals surface area contributed by atoms with Gasteiger partial charge in [0.15, 0.2) is 0 Å². The van der Waals surface area contributed by atoms with Crippen LogP contribution in [-0.2, 0) is 0 Å². The topological polar surface area (TPSA) is 12.0 Å². The van der Waals surface area contributed by atoms with E-state index < -0.39 is 0 Å². The van der Waals surface area contributed by atoms with Gasteiger partial charge in [-0.2, -0.15) is 0 Å². The van der Waals surface area contributed by atoms with Gasteiger partial charge < -0.3 is 5.32 Å². The van der Waals surface area contributed by atoms with Gasteiger partial charge in [0.05, 0.1) is 0 Å². The van der Waals surface area contributed by atoms with Gasteiger partial charge in [-0.05, 0) is 43.9 Å². The minimum Gasteiger partial charge on any atom is -0.308 e. The molecule has 0 aromatic heterocycles. The largest absolute Gasteiger partial charge is 0.308 e. The number of hydrogen-bond donors (Lipinski definition) is 1. The second kappa shape index (κ2) is 6.01. The van der Waals surface area contributed by atoms with Gasteiger partial charge in [-0.1, -0.05) is 47.3 Å². The van der Waals surface area contributed by atoms with E-state index in [4.69, 9.17) is 0 Å². The van der Waals surface area contributed by atoms with Crippen molar-refractivity contribution in [3.8, 4) is 0 Å². The van der Waals surface area contributed by atoms with Crippen molar-refractivity contribution in [2.75, 3.05) is 0 Å². The normalized spacial score (nSPS) is 19.7. The molecule has 2 atom stereocenters. The molecule has 0 spiro atoms. The maximum Gasteiger partial charge on any atom is 0.0294 e. The van der Waals surface area contributed by atoms with E-state index in [-0.39, 0.29) is 0 Å². The first-order chi connectivity index (χ1) is 8.15. The van der Waals surface area contributed by atoms with E-state index >= 15 is 0 Å². The third-order valence-corrected chi connectivity index (χ3v) is 4.34. The van der Waals surface area contributed by atoms with E-state index in [1.165, 1.54) is 31.2 Å². The fourth-order valence-corrected chi connectivity index (χ4v) is 2.84. The Labute approximate surface area is 113 Å². The molecule has 1 nitrogen and oxygen atoms in total. The van der Waals surface area contributed by atoms with Gasteiger partial charge in [0, 0.05) is 16.6 Å². The summed E-state index contributed by atoms with van der Waals surface area (Å²) in [5.74, 6) is 0.981. The summed E-state index contributed by atoms with van der Waals surface area (Å²) >= 11 is 3.47. The molecule has 0 aliphatic heterocycles. The van der Waals surface area contributed by atoms with E-state index in [0.29, 0.717) is 12.1 Å². The Hall–Kier alpha value is -0.340. The van der Waals surface area contributed by atoms with Crippen LogP contribution in [0.1, 0.15) is 51.1 Å². The standard InChI is InChI=1S/C15H22BrN/c1-11(10-13-4-3-5-13)17-12(2)14-6-8-15(16)9-7-14/h6-9,11-13,17H,3-5,10H2,1-2H3/t11?,12-/m1/s1. The molecule has 1 aliphatic carbocycles. The lowest BCUT2D eigenvalue weighted by Gasteiger charge is -2.30. The van der Waals surface area contributed by atoms with Crippen molar-refractivity contribution in [2.45, 2.75) is 51.6 Å². The van der Waals surface area contributed by atoms with Gasteiger partial charge in [0.1, 0.15) is 0 Å². The molecule has 2 rings (SSSR count).